The summed E-state index contributed by atoms with van der Waals surface area (Å²) in [5.41, 5.74) is 7.67. The fraction of sp³-hybridized carbons (Fsp3) is 0.459. The Bertz CT molecular complexity index is 1520. The molecule has 0 bridgehead atoms. The molecule has 0 aliphatic carbocycles. The summed E-state index contributed by atoms with van der Waals surface area (Å²) in [4.78, 5) is 55.7. The lowest BCUT2D eigenvalue weighted by Gasteiger charge is -2.39. The monoisotopic (exact) mass is 630 g/mol. The molecule has 4 amide bonds. The van der Waals surface area contributed by atoms with Crippen molar-refractivity contribution >= 4 is 40.3 Å². The summed E-state index contributed by atoms with van der Waals surface area (Å²) in [6.45, 7) is 15.1. The summed E-state index contributed by atoms with van der Waals surface area (Å²) in [5.74, 6) is -1.13. The highest BCUT2D eigenvalue weighted by Crippen LogP contribution is 2.33. The Morgan fingerprint density at radius 3 is 2.07 bits per heavy atom. The molecule has 9 heteroatoms. The molecule has 0 aromatic heterocycles. The van der Waals surface area contributed by atoms with Crippen molar-refractivity contribution in [2.24, 2.45) is 11.7 Å². The van der Waals surface area contributed by atoms with Crippen LogP contribution in [0.1, 0.15) is 90.0 Å². The molecule has 0 spiro atoms. The Kier molecular flexibility index (Phi) is 12.3. The number of amides is 4. The predicted octanol–water partition coefficient (Wildman–Crippen LogP) is 6.95. The molecule has 0 aliphatic heterocycles. The van der Waals surface area contributed by atoms with Gasteiger partial charge in [-0.25, -0.2) is 4.79 Å². The minimum Gasteiger partial charge on any atom is -0.444 e. The van der Waals surface area contributed by atoms with E-state index in [-0.39, 0.29) is 18.7 Å². The Morgan fingerprint density at radius 1 is 0.848 bits per heavy atom. The van der Waals surface area contributed by atoms with Crippen molar-refractivity contribution in [1.29, 1.82) is 0 Å². The van der Waals surface area contributed by atoms with Gasteiger partial charge in [-0.05, 0) is 106 Å². The zero-order chi connectivity index (χ0) is 34.2. The highest BCUT2D eigenvalue weighted by atomic mass is 16.6. The van der Waals surface area contributed by atoms with E-state index in [1.807, 2.05) is 81.4 Å². The number of carbonyl (C=O) groups is 4. The maximum Gasteiger partial charge on any atom is 0.408 e. The van der Waals surface area contributed by atoms with Crippen LogP contribution in [0.2, 0.25) is 0 Å². The van der Waals surface area contributed by atoms with Crippen molar-refractivity contribution < 1.29 is 23.9 Å². The van der Waals surface area contributed by atoms with Crippen molar-refractivity contribution in [2.45, 2.75) is 105 Å². The van der Waals surface area contributed by atoms with Gasteiger partial charge in [0.25, 0.3) is 5.91 Å². The molecule has 0 aliphatic rings. The summed E-state index contributed by atoms with van der Waals surface area (Å²) in [5, 5.41) is 7.77. The van der Waals surface area contributed by atoms with Gasteiger partial charge in [0.1, 0.15) is 17.7 Å². The minimum absolute atomic E-state index is 0.0490. The largest absolute Gasteiger partial charge is 0.444 e. The highest BCUT2D eigenvalue weighted by molar-refractivity contribution is 6.01. The minimum atomic E-state index is -1.16. The Balaban J connectivity index is 2.16. The van der Waals surface area contributed by atoms with E-state index in [1.165, 1.54) is 0 Å². The number of carbonyl (C=O) groups excluding carboxylic acids is 4. The quantitative estimate of drug-likeness (QED) is 0.188. The molecule has 3 atom stereocenters. The van der Waals surface area contributed by atoms with Gasteiger partial charge in [-0.1, -0.05) is 62.4 Å². The average molecular weight is 631 g/mol. The number of alkyl carbamates (subject to hydrolysis) is 1. The molecular weight excluding hydrogens is 580 g/mol. The first kappa shape index (κ1) is 36.1. The predicted molar refractivity (Wildman–Crippen MR) is 183 cm³/mol. The average Bonchev–Trinajstić information content (AvgIpc) is 2.96. The van der Waals surface area contributed by atoms with E-state index < -0.39 is 41.6 Å². The molecule has 0 heterocycles. The first-order valence-electron chi connectivity index (χ1n) is 16.0. The van der Waals surface area contributed by atoms with Crippen LogP contribution in [0.25, 0.3) is 10.8 Å². The molecule has 3 aromatic carbocycles. The summed E-state index contributed by atoms with van der Waals surface area (Å²) in [6.07, 6.45) is 0.435. The van der Waals surface area contributed by atoms with Gasteiger partial charge in [-0.3, -0.25) is 14.4 Å². The fourth-order valence-electron chi connectivity index (χ4n) is 5.62. The third-order valence-corrected chi connectivity index (χ3v) is 7.92. The van der Waals surface area contributed by atoms with E-state index in [2.05, 4.69) is 24.5 Å². The van der Waals surface area contributed by atoms with E-state index in [4.69, 9.17) is 10.5 Å². The van der Waals surface area contributed by atoms with Crippen LogP contribution >= 0.6 is 0 Å². The number of ether oxygens (including phenoxy) is 1. The molecule has 9 nitrogen and oxygen atoms in total. The van der Waals surface area contributed by atoms with E-state index in [1.54, 1.807) is 25.7 Å². The van der Waals surface area contributed by atoms with Gasteiger partial charge < -0.3 is 26.0 Å². The van der Waals surface area contributed by atoms with Gasteiger partial charge in [-0.15, -0.1) is 0 Å². The van der Waals surface area contributed by atoms with E-state index >= 15 is 0 Å². The Labute approximate surface area is 273 Å². The number of nitrogens with one attached hydrogen (secondary N) is 2. The first-order valence-corrected chi connectivity index (χ1v) is 16.0. The van der Waals surface area contributed by atoms with Gasteiger partial charge in [0.05, 0.1) is 0 Å². The number of aryl methyl sites for hydroxylation is 2. The van der Waals surface area contributed by atoms with Crippen LogP contribution in [0.4, 0.5) is 10.5 Å². The summed E-state index contributed by atoms with van der Waals surface area (Å²) >= 11 is 0. The summed E-state index contributed by atoms with van der Waals surface area (Å²) in [7, 11) is 0. The SMILES string of the molecule is Cc1cccc(C)c1C(C(=O)Nc1ccc2ccccc2c1)N(C(=O)C(CCC(N)=O)NC(=O)OC(C)(C)C)C(C)CCC(C)C. The zero-order valence-electron chi connectivity index (χ0n) is 28.5. The summed E-state index contributed by atoms with van der Waals surface area (Å²) < 4.78 is 5.47. The van der Waals surface area contributed by atoms with Crippen LogP contribution < -0.4 is 16.4 Å². The number of fused-ring (bicyclic) bond motifs is 1. The molecule has 3 unspecified atom stereocenters. The van der Waals surface area contributed by atoms with Gasteiger partial charge in [0.15, 0.2) is 0 Å². The number of anilines is 1. The number of hydrogen-bond acceptors (Lipinski definition) is 5. The third kappa shape index (κ3) is 10.1. The van der Waals surface area contributed by atoms with Crippen molar-refractivity contribution in [3.63, 3.8) is 0 Å². The van der Waals surface area contributed by atoms with Crippen LogP contribution in [-0.4, -0.2) is 46.4 Å². The Morgan fingerprint density at radius 2 is 1.48 bits per heavy atom. The first-order chi connectivity index (χ1) is 21.6. The molecule has 3 aromatic rings. The van der Waals surface area contributed by atoms with Crippen molar-refractivity contribution in [1.82, 2.24) is 10.2 Å². The number of nitrogens with zero attached hydrogens (tertiary/aromatic N) is 1. The van der Waals surface area contributed by atoms with Crippen LogP contribution in [0.5, 0.6) is 0 Å². The van der Waals surface area contributed by atoms with E-state index in [0.717, 1.165) is 28.3 Å². The number of benzene rings is 3. The molecular formula is C37H50N4O5. The number of rotatable bonds is 13. The van der Waals surface area contributed by atoms with E-state index in [9.17, 15) is 19.2 Å². The lowest BCUT2D eigenvalue weighted by Crippen LogP contribution is -2.55. The molecule has 0 fully saturated rings. The molecule has 0 radical (unpaired) electrons. The van der Waals surface area contributed by atoms with Gasteiger partial charge in [0, 0.05) is 18.2 Å². The third-order valence-electron chi connectivity index (χ3n) is 7.92. The van der Waals surface area contributed by atoms with Gasteiger partial charge in [0.2, 0.25) is 11.8 Å². The topological polar surface area (TPSA) is 131 Å². The lowest BCUT2D eigenvalue weighted by molar-refractivity contribution is -0.143. The molecule has 248 valence electrons. The van der Waals surface area contributed by atoms with Gasteiger partial charge in [-0.2, -0.15) is 0 Å². The smallest absolute Gasteiger partial charge is 0.408 e. The highest BCUT2D eigenvalue weighted by Gasteiger charge is 2.40. The number of primary amides is 1. The molecule has 0 saturated heterocycles. The van der Waals surface area contributed by atoms with Crippen LogP contribution in [0, 0.1) is 19.8 Å². The van der Waals surface area contributed by atoms with Crippen molar-refractivity contribution in [3.05, 3.63) is 77.4 Å². The molecule has 0 saturated carbocycles. The molecule has 46 heavy (non-hydrogen) atoms. The second kappa shape index (κ2) is 15.7. The number of hydrogen-bond donors (Lipinski definition) is 3. The van der Waals surface area contributed by atoms with Crippen molar-refractivity contribution in [2.75, 3.05) is 5.32 Å². The maximum atomic E-state index is 14.7. The van der Waals surface area contributed by atoms with Gasteiger partial charge >= 0.3 is 6.09 Å². The number of nitrogens with two attached hydrogens (primary N) is 1. The van der Waals surface area contributed by atoms with Crippen LogP contribution in [0.3, 0.4) is 0 Å². The molecule has 3 rings (SSSR count). The lowest BCUT2D eigenvalue weighted by atomic mass is 9.91. The van der Waals surface area contributed by atoms with E-state index in [0.29, 0.717) is 23.6 Å². The summed E-state index contributed by atoms with van der Waals surface area (Å²) in [6, 6.07) is 16.7. The second-order valence-electron chi connectivity index (χ2n) is 13.5. The Hall–Kier alpha value is -4.40. The fourth-order valence-corrected chi connectivity index (χ4v) is 5.62. The standard InChI is InChI=1S/C37H50N4O5/c1-23(2)16-17-26(5)41(35(44)30(20-21-31(38)42)40-36(45)46-37(6,7)8)33(32-24(3)12-11-13-25(32)4)34(43)39-29-19-18-27-14-9-10-15-28(27)22-29/h9-15,18-19,22-23,26,30,33H,16-17,20-21H2,1-8H3,(H2,38,42)(H,39,43)(H,40,45). The second-order valence-corrected chi connectivity index (χ2v) is 13.5. The zero-order valence-corrected chi connectivity index (χ0v) is 28.5. The normalized spacial score (nSPS) is 13.5. The van der Waals surface area contributed by atoms with Crippen LogP contribution in [0.15, 0.2) is 60.7 Å². The van der Waals surface area contributed by atoms with Crippen LogP contribution in [-0.2, 0) is 19.1 Å². The maximum absolute atomic E-state index is 14.7. The molecule has 4 N–H and O–H groups in total. The van der Waals surface area contributed by atoms with Crippen molar-refractivity contribution in [3.8, 4) is 0 Å².